The Labute approximate surface area is 112 Å². The molecule has 1 aromatic rings. The Kier molecular flexibility index (Phi) is 4.11. The van der Waals surface area contributed by atoms with Crippen molar-refractivity contribution in [3.05, 3.63) is 34.9 Å². The summed E-state index contributed by atoms with van der Waals surface area (Å²) in [7, 11) is 0. The first-order chi connectivity index (χ1) is 8.54. The van der Waals surface area contributed by atoms with Crippen LogP contribution in [0, 0.1) is 19.3 Å². The lowest BCUT2D eigenvalue weighted by Crippen LogP contribution is -2.34. The van der Waals surface area contributed by atoms with E-state index in [0.717, 1.165) is 12.6 Å². The van der Waals surface area contributed by atoms with Gasteiger partial charge in [0.05, 0.1) is 0 Å². The third-order valence-corrected chi connectivity index (χ3v) is 4.50. The predicted molar refractivity (Wildman–Crippen MR) is 79.0 cm³/mol. The molecule has 18 heavy (non-hydrogen) atoms. The minimum absolute atomic E-state index is 0.388. The lowest BCUT2D eigenvalue weighted by molar-refractivity contribution is 0.288. The minimum Gasteiger partial charge on any atom is -0.313 e. The van der Waals surface area contributed by atoms with Crippen LogP contribution in [0.4, 0.5) is 0 Å². The normalized spacial score (nSPS) is 18.7. The van der Waals surface area contributed by atoms with E-state index in [2.05, 4.69) is 51.2 Å². The van der Waals surface area contributed by atoms with Gasteiger partial charge in [0.2, 0.25) is 0 Å². The van der Waals surface area contributed by atoms with Crippen LogP contribution in [0.1, 0.15) is 49.8 Å². The van der Waals surface area contributed by atoms with Gasteiger partial charge in [-0.1, -0.05) is 32.0 Å². The Morgan fingerprint density at radius 1 is 1.22 bits per heavy atom. The number of aryl methyl sites for hydroxylation is 2. The molecule has 100 valence electrons. The first kappa shape index (κ1) is 13.6. The Morgan fingerprint density at radius 2 is 1.83 bits per heavy atom. The summed E-state index contributed by atoms with van der Waals surface area (Å²) in [4.78, 5) is 0. The number of hydrogen-bond donors (Lipinski definition) is 1. The van der Waals surface area contributed by atoms with Crippen molar-refractivity contribution in [2.45, 2.75) is 59.4 Å². The van der Waals surface area contributed by atoms with E-state index in [1.165, 1.54) is 36.8 Å². The summed E-state index contributed by atoms with van der Waals surface area (Å²) >= 11 is 0. The SMILES string of the molecule is CCC(C)(CNC1CC1)Cc1c(C)cccc1C. The largest absolute Gasteiger partial charge is 0.313 e. The lowest BCUT2D eigenvalue weighted by Gasteiger charge is -2.30. The molecule has 0 bridgehead atoms. The van der Waals surface area contributed by atoms with Crippen LogP contribution in [0.15, 0.2) is 18.2 Å². The molecule has 1 saturated carbocycles. The maximum atomic E-state index is 3.71. The summed E-state index contributed by atoms with van der Waals surface area (Å²) in [6.07, 6.45) is 5.19. The van der Waals surface area contributed by atoms with E-state index in [1.807, 2.05) is 0 Å². The summed E-state index contributed by atoms with van der Waals surface area (Å²) in [6.45, 7) is 10.4. The van der Waals surface area contributed by atoms with Crippen molar-refractivity contribution in [2.24, 2.45) is 5.41 Å². The van der Waals surface area contributed by atoms with Crippen LogP contribution in [0.2, 0.25) is 0 Å². The van der Waals surface area contributed by atoms with Crippen molar-refractivity contribution in [3.8, 4) is 0 Å². The van der Waals surface area contributed by atoms with Crippen LogP contribution >= 0.6 is 0 Å². The van der Waals surface area contributed by atoms with E-state index in [9.17, 15) is 0 Å². The molecule has 0 radical (unpaired) electrons. The van der Waals surface area contributed by atoms with Gasteiger partial charge < -0.3 is 5.32 Å². The third-order valence-electron chi connectivity index (χ3n) is 4.50. The number of hydrogen-bond acceptors (Lipinski definition) is 1. The third kappa shape index (κ3) is 3.35. The second-order valence-electron chi connectivity index (χ2n) is 6.37. The fourth-order valence-corrected chi connectivity index (χ4v) is 2.55. The highest BCUT2D eigenvalue weighted by atomic mass is 15.0. The molecule has 1 unspecified atom stereocenters. The van der Waals surface area contributed by atoms with Gasteiger partial charge in [-0.2, -0.15) is 0 Å². The van der Waals surface area contributed by atoms with Gasteiger partial charge in [-0.3, -0.25) is 0 Å². The number of nitrogens with one attached hydrogen (secondary N) is 1. The van der Waals surface area contributed by atoms with Gasteiger partial charge in [0.1, 0.15) is 0 Å². The zero-order valence-electron chi connectivity index (χ0n) is 12.3. The smallest absolute Gasteiger partial charge is 0.00684 e. The molecule has 1 aliphatic carbocycles. The van der Waals surface area contributed by atoms with E-state index in [0.29, 0.717) is 5.41 Å². The van der Waals surface area contributed by atoms with Gasteiger partial charge in [0.15, 0.2) is 0 Å². The maximum Gasteiger partial charge on any atom is 0.00684 e. The van der Waals surface area contributed by atoms with E-state index >= 15 is 0 Å². The average Bonchev–Trinajstić information content (AvgIpc) is 3.16. The van der Waals surface area contributed by atoms with Crippen LogP contribution < -0.4 is 5.32 Å². The molecule has 0 heterocycles. The molecule has 1 N–H and O–H groups in total. The van der Waals surface area contributed by atoms with Gasteiger partial charge >= 0.3 is 0 Å². The second kappa shape index (κ2) is 5.44. The van der Waals surface area contributed by atoms with Crippen molar-refractivity contribution >= 4 is 0 Å². The number of rotatable bonds is 6. The van der Waals surface area contributed by atoms with Gasteiger partial charge in [0.25, 0.3) is 0 Å². The van der Waals surface area contributed by atoms with E-state index < -0.39 is 0 Å². The molecule has 0 spiro atoms. The Bertz CT molecular complexity index is 386. The quantitative estimate of drug-likeness (QED) is 0.798. The summed E-state index contributed by atoms with van der Waals surface area (Å²) in [5.74, 6) is 0. The molecule has 1 aromatic carbocycles. The van der Waals surface area contributed by atoms with Crippen LogP contribution in [0.5, 0.6) is 0 Å². The van der Waals surface area contributed by atoms with E-state index in [4.69, 9.17) is 0 Å². The molecule has 1 aliphatic rings. The van der Waals surface area contributed by atoms with Crippen LogP contribution in [0.25, 0.3) is 0 Å². The van der Waals surface area contributed by atoms with Crippen molar-refractivity contribution < 1.29 is 0 Å². The summed E-state index contributed by atoms with van der Waals surface area (Å²) < 4.78 is 0. The molecule has 1 atom stereocenters. The topological polar surface area (TPSA) is 12.0 Å². The minimum atomic E-state index is 0.388. The molecule has 1 nitrogen and oxygen atoms in total. The molecule has 1 heteroatoms. The summed E-state index contributed by atoms with van der Waals surface area (Å²) in [5, 5.41) is 3.71. The van der Waals surface area contributed by atoms with Gasteiger partial charge in [-0.25, -0.2) is 0 Å². The Balaban J connectivity index is 2.07. The standard InChI is InChI=1S/C17H27N/c1-5-17(4,12-18-15-9-10-15)11-16-13(2)7-6-8-14(16)3/h6-8,15,18H,5,9-12H2,1-4H3. The Hall–Kier alpha value is -0.820. The van der Waals surface area contributed by atoms with E-state index in [1.54, 1.807) is 5.56 Å². The van der Waals surface area contributed by atoms with Gasteiger partial charge in [0, 0.05) is 12.6 Å². The van der Waals surface area contributed by atoms with Crippen LogP contribution in [0.3, 0.4) is 0 Å². The fourth-order valence-electron chi connectivity index (χ4n) is 2.55. The zero-order chi connectivity index (χ0) is 13.2. The summed E-state index contributed by atoms with van der Waals surface area (Å²) in [6, 6.07) is 7.47. The highest BCUT2D eigenvalue weighted by Gasteiger charge is 2.28. The van der Waals surface area contributed by atoms with Crippen molar-refractivity contribution in [2.75, 3.05) is 6.54 Å². The number of benzene rings is 1. The molecule has 0 saturated heterocycles. The fraction of sp³-hybridized carbons (Fsp3) is 0.647. The first-order valence-electron chi connectivity index (χ1n) is 7.32. The van der Waals surface area contributed by atoms with Crippen LogP contribution in [-0.2, 0) is 6.42 Å². The zero-order valence-corrected chi connectivity index (χ0v) is 12.3. The van der Waals surface area contributed by atoms with Crippen LogP contribution in [-0.4, -0.2) is 12.6 Å². The van der Waals surface area contributed by atoms with E-state index in [-0.39, 0.29) is 0 Å². The second-order valence-corrected chi connectivity index (χ2v) is 6.37. The Morgan fingerprint density at radius 3 is 2.33 bits per heavy atom. The van der Waals surface area contributed by atoms with Crippen molar-refractivity contribution in [3.63, 3.8) is 0 Å². The lowest BCUT2D eigenvalue weighted by atomic mass is 9.79. The molecule has 0 aromatic heterocycles. The monoisotopic (exact) mass is 245 g/mol. The molecule has 2 rings (SSSR count). The maximum absolute atomic E-state index is 3.71. The van der Waals surface area contributed by atoms with Crippen molar-refractivity contribution in [1.82, 2.24) is 5.32 Å². The first-order valence-corrected chi connectivity index (χ1v) is 7.32. The van der Waals surface area contributed by atoms with Crippen molar-refractivity contribution in [1.29, 1.82) is 0 Å². The molecular weight excluding hydrogens is 218 g/mol. The molecular formula is C17H27N. The molecule has 0 amide bonds. The molecule has 0 aliphatic heterocycles. The van der Waals surface area contributed by atoms with Gasteiger partial charge in [-0.05, 0) is 61.6 Å². The highest BCUT2D eigenvalue weighted by molar-refractivity contribution is 5.34. The average molecular weight is 245 g/mol. The molecule has 1 fully saturated rings. The highest BCUT2D eigenvalue weighted by Crippen LogP contribution is 2.30. The van der Waals surface area contributed by atoms with Gasteiger partial charge in [-0.15, -0.1) is 0 Å². The summed E-state index contributed by atoms with van der Waals surface area (Å²) in [5.41, 5.74) is 4.83. The predicted octanol–water partition coefficient (Wildman–Crippen LogP) is 4.01.